The molecule has 0 aromatic heterocycles. The van der Waals surface area contributed by atoms with E-state index in [2.05, 4.69) is 45.1 Å². The van der Waals surface area contributed by atoms with Gasteiger partial charge < -0.3 is 15.3 Å². The molecule has 9 atom stereocenters. The van der Waals surface area contributed by atoms with Crippen molar-refractivity contribution in [2.45, 2.75) is 104 Å². The van der Waals surface area contributed by atoms with Crippen LogP contribution in [0.5, 0.6) is 0 Å². The largest absolute Gasteiger partial charge is 0.393 e. The number of rotatable bonds is 8. The molecule has 4 nitrogen and oxygen atoms in total. The molecule has 0 heterocycles. The van der Waals surface area contributed by atoms with E-state index in [1.54, 1.807) is 0 Å². The van der Waals surface area contributed by atoms with Crippen LogP contribution in [0.4, 0.5) is 0 Å². The van der Waals surface area contributed by atoms with Gasteiger partial charge in [0, 0.05) is 13.0 Å². The second-order valence-corrected chi connectivity index (χ2v) is 13.3. The molecule has 4 aliphatic carbocycles. The van der Waals surface area contributed by atoms with Crippen molar-refractivity contribution in [1.29, 1.82) is 0 Å². The summed E-state index contributed by atoms with van der Waals surface area (Å²) in [5, 5.41) is 13.4. The van der Waals surface area contributed by atoms with Crippen LogP contribution in [0.2, 0.25) is 0 Å². The minimum Gasteiger partial charge on any atom is -0.393 e. The Kier molecular flexibility index (Phi) is 7.85. The Hall–Kier alpha value is -0.610. The Morgan fingerprint density at radius 1 is 1.03 bits per heavy atom. The third-order valence-corrected chi connectivity index (χ3v) is 11.3. The summed E-state index contributed by atoms with van der Waals surface area (Å²) in [6, 6.07) is 0. The molecule has 0 bridgehead atoms. The molecule has 0 radical (unpaired) electrons. The molecule has 4 heteroatoms. The Labute approximate surface area is 203 Å². The number of nitrogens with one attached hydrogen (secondary N) is 1. The van der Waals surface area contributed by atoms with Crippen LogP contribution in [0, 0.1) is 46.3 Å². The summed E-state index contributed by atoms with van der Waals surface area (Å²) in [5.41, 5.74) is 0.942. The number of carbonyl (C=O) groups excluding carboxylic acids is 1. The molecule has 4 aliphatic rings. The van der Waals surface area contributed by atoms with Crippen molar-refractivity contribution in [2.75, 3.05) is 27.2 Å². The van der Waals surface area contributed by atoms with Crippen LogP contribution < -0.4 is 5.32 Å². The van der Waals surface area contributed by atoms with Gasteiger partial charge in [0.15, 0.2) is 0 Å². The van der Waals surface area contributed by atoms with E-state index in [0.29, 0.717) is 23.2 Å². The van der Waals surface area contributed by atoms with Gasteiger partial charge in [0.2, 0.25) is 5.91 Å². The zero-order chi connectivity index (χ0) is 23.8. The quantitative estimate of drug-likeness (QED) is 0.471. The minimum atomic E-state index is -0.0459. The molecule has 0 spiro atoms. The third kappa shape index (κ3) is 5.03. The minimum absolute atomic E-state index is 0.0459. The second kappa shape index (κ2) is 10.2. The molecule has 1 amide bonds. The van der Waals surface area contributed by atoms with Crippen molar-refractivity contribution in [2.24, 2.45) is 46.3 Å². The van der Waals surface area contributed by atoms with Gasteiger partial charge in [-0.05, 0) is 138 Å². The maximum atomic E-state index is 12.4. The standard InChI is InChI=1S/C29H52N2O2/c1-20(7-12-27(33)30-17-6-18-31(4)5)24-10-11-25-23-9-8-21-19-22(32)13-15-28(21,2)26(23)14-16-29(24,25)3/h20-26,32H,6-19H2,1-5H3,(H,30,33)/t20?,21?,22-,23?,24-,25?,26?,28+,29-/m1/s1. The average Bonchev–Trinajstić information content (AvgIpc) is 3.12. The summed E-state index contributed by atoms with van der Waals surface area (Å²) >= 11 is 0. The Bertz CT molecular complexity index is 681. The van der Waals surface area contributed by atoms with Crippen LogP contribution in [-0.2, 0) is 4.79 Å². The molecule has 4 rings (SSSR count). The van der Waals surface area contributed by atoms with Gasteiger partial charge >= 0.3 is 0 Å². The summed E-state index contributed by atoms with van der Waals surface area (Å²) in [5.74, 6) is 5.08. The molecule has 4 fully saturated rings. The van der Waals surface area contributed by atoms with Crippen LogP contribution in [0.1, 0.15) is 97.8 Å². The van der Waals surface area contributed by atoms with Gasteiger partial charge in [-0.15, -0.1) is 0 Å². The SMILES string of the molecule is CC(CCC(=O)NCCCN(C)C)[C@H]1CCC2C3CCC4C[C@H](O)CC[C@]4(C)C3CC[C@@]21C. The highest BCUT2D eigenvalue weighted by Gasteiger charge is 2.60. The van der Waals surface area contributed by atoms with E-state index >= 15 is 0 Å². The molecular weight excluding hydrogens is 408 g/mol. The Morgan fingerprint density at radius 2 is 1.76 bits per heavy atom. The molecule has 0 aromatic rings. The molecule has 2 N–H and O–H groups in total. The smallest absolute Gasteiger partial charge is 0.220 e. The summed E-state index contributed by atoms with van der Waals surface area (Å²) in [4.78, 5) is 14.6. The third-order valence-electron chi connectivity index (χ3n) is 11.3. The lowest BCUT2D eigenvalue weighted by atomic mass is 9.44. The van der Waals surface area contributed by atoms with Crippen molar-refractivity contribution in [3.63, 3.8) is 0 Å². The van der Waals surface area contributed by atoms with Gasteiger partial charge in [-0.1, -0.05) is 20.8 Å². The number of amides is 1. The Balaban J connectivity index is 1.32. The van der Waals surface area contributed by atoms with Gasteiger partial charge in [0.25, 0.3) is 0 Å². The maximum absolute atomic E-state index is 12.4. The van der Waals surface area contributed by atoms with Gasteiger partial charge in [-0.2, -0.15) is 0 Å². The number of aliphatic hydroxyl groups is 1. The average molecular weight is 461 g/mol. The predicted octanol–water partition coefficient (Wildman–Crippen LogP) is 5.49. The van der Waals surface area contributed by atoms with E-state index in [0.717, 1.165) is 68.4 Å². The number of hydrogen-bond donors (Lipinski definition) is 2. The molecule has 4 saturated carbocycles. The highest BCUT2D eigenvalue weighted by molar-refractivity contribution is 5.75. The molecule has 0 aromatic carbocycles. The van der Waals surface area contributed by atoms with Gasteiger partial charge in [0.1, 0.15) is 0 Å². The van der Waals surface area contributed by atoms with E-state index < -0.39 is 0 Å². The van der Waals surface area contributed by atoms with E-state index in [9.17, 15) is 9.90 Å². The Morgan fingerprint density at radius 3 is 2.52 bits per heavy atom. The fourth-order valence-corrected chi connectivity index (χ4v) is 9.48. The fraction of sp³-hybridized carbons (Fsp3) is 0.966. The summed E-state index contributed by atoms with van der Waals surface area (Å²) in [7, 11) is 4.16. The van der Waals surface area contributed by atoms with Crippen LogP contribution in [-0.4, -0.2) is 49.2 Å². The summed E-state index contributed by atoms with van der Waals surface area (Å²) in [6.45, 7) is 9.48. The lowest BCUT2D eigenvalue weighted by Crippen LogP contribution is -2.54. The zero-order valence-corrected chi connectivity index (χ0v) is 22.2. The maximum Gasteiger partial charge on any atom is 0.220 e. The summed E-state index contributed by atoms with van der Waals surface area (Å²) in [6.07, 6.45) is 14.3. The normalized spacial score (nSPS) is 43.5. The fourth-order valence-electron chi connectivity index (χ4n) is 9.48. The summed E-state index contributed by atoms with van der Waals surface area (Å²) < 4.78 is 0. The topological polar surface area (TPSA) is 52.6 Å². The number of carbonyl (C=O) groups is 1. The first-order chi connectivity index (χ1) is 15.6. The highest BCUT2D eigenvalue weighted by Crippen LogP contribution is 2.68. The van der Waals surface area contributed by atoms with E-state index in [1.807, 2.05) is 0 Å². The second-order valence-electron chi connectivity index (χ2n) is 13.3. The van der Waals surface area contributed by atoms with Gasteiger partial charge in [-0.25, -0.2) is 0 Å². The number of fused-ring (bicyclic) bond motifs is 5. The van der Waals surface area contributed by atoms with Gasteiger partial charge in [-0.3, -0.25) is 4.79 Å². The van der Waals surface area contributed by atoms with Crippen LogP contribution >= 0.6 is 0 Å². The number of nitrogens with zero attached hydrogens (tertiary/aromatic N) is 1. The van der Waals surface area contributed by atoms with Crippen LogP contribution in [0.25, 0.3) is 0 Å². The van der Waals surface area contributed by atoms with Crippen molar-refractivity contribution < 1.29 is 9.90 Å². The predicted molar refractivity (Wildman–Crippen MR) is 136 cm³/mol. The molecule has 5 unspecified atom stereocenters. The number of aliphatic hydroxyl groups excluding tert-OH is 1. The first kappa shape index (κ1) is 25.5. The monoisotopic (exact) mass is 460 g/mol. The molecule has 33 heavy (non-hydrogen) atoms. The zero-order valence-electron chi connectivity index (χ0n) is 22.2. The van der Waals surface area contributed by atoms with Crippen LogP contribution in [0.15, 0.2) is 0 Å². The van der Waals surface area contributed by atoms with Crippen molar-refractivity contribution in [3.05, 3.63) is 0 Å². The lowest BCUT2D eigenvalue weighted by Gasteiger charge is -2.61. The lowest BCUT2D eigenvalue weighted by molar-refractivity contribution is -0.129. The first-order valence-electron chi connectivity index (χ1n) is 14.2. The first-order valence-corrected chi connectivity index (χ1v) is 14.2. The molecule has 190 valence electrons. The van der Waals surface area contributed by atoms with E-state index in [4.69, 9.17) is 0 Å². The van der Waals surface area contributed by atoms with Crippen LogP contribution in [0.3, 0.4) is 0 Å². The van der Waals surface area contributed by atoms with Crippen molar-refractivity contribution in [1.82, 2.24) is 10.2 Å². The molecule has 0 aliphatic heterocycles. The van der Waals surface area contributed by atoms with Gasteiger partial charge in [0.05, 0.1) is 6.10 Å². The molecule has 0 saturated heterocycles. The van der Waals surface area contributed by atoms with E-state index in [-0.39, 0.29) is 12.0 Å². The van der Waals surface area contributed by atoms with Crippen molar-refractivity contribution in [3.8, 4) is 0 Å². The molecular formula is C29H52N2O2. The highest BCUT2D eigenvalue weighted by atomic mass is 16.3. The number of hydrogen-bond acceptors (Lipinski definition) is 3. The van der Waals surface area contributed by atoms with E-state index in [1.165, 1.54) is 44.9 Å². The van der Waals surface area contributed by atoms with Crippen molar-refractivity contribution >= 4 is 5.91 Å².